The zero-order chi connectivity index (χ0) is 13.4. The van der Waals surface area contributed by atoms with E-state index in [-0.39, 0.29) is 12.0 Å². The highest BCUT2D eigenvalue weighted by Crippen LogP contribution is 2.29. The quantitative estimate of drug-likeness (QED) is 0.857. The topological polar surface area (TPSA) is 78.0 Å². The zero-order valence-electron chi connectivity index (χ0n) is 10.8. The first-order valence-electron chi connectivity index (χ1n) is 5.99. The largest absolute Gasteiger partial charge is 0.497 e. The van der Waals surface area contributed by atoms with E-state index in [2.05, 4.69) is 21.5 Å². The molecule has 0 amide bonds. The molecule has 3 rings (SSSR count). The fraction of sp³-hybridized carbons (Fsp3) is 0.231. The van der Waals surface area contributed by atoms with Crippen molar-refractivity contribution in [2.75, 3.05) is 18.2 Å². The summed E-state index contributed by atoms with van der Waals surface area (Å²) < 4.78 is 6.95. The van der Waals surface area contributed by atoms with Crippen LogP contribution in [-0.2, 0) is 0 Å². The van der Waals surface area contributed by atoms with Crippen molar-refractivity contribution in [2.24, 2.45) is 0 Å². The lowest BCUT2D eigenvalue weighted by atomic mass is 10.0. The molecule has 0 aliphatic carbocycles. The van der Waals surface area contributed by atoms with E-state index in [0.717, 1.165) is 17.0 Å². The number of nitrogen functional groups attached to an aromatic ring is 1. The summed E-state index contributed by atoms with van der Waals surface area (Å²) in [5.41, 5.74) is 7.80. The number of nitrogens with one attached hydrogen (secondary N) is 1. The Balaban J connectivity index is 2.04. The number of anilines is 2. The molecule has 3 N–H and O–H groups in total. The highest BCUT2D eigenvalue weighted by molar-refractivity contribution is 5.45. The molecule has 0 fully saturated rings. The number of hydrogen-bond donors (Lipinski definition) is 2. The van der Waals surface area contributed by atoms with Crippen LogP contribution in [0.5, 0.6) is 5.75 Å². The van der Waals surface area contributed by atoms with Crippen molar-refractivity contribution in [1.82, 2.24) is 14.8 Å². The summed E-state index contributed by atoms with van der Waals surface area (Å²) in [4.78, 5) is 4.16. The van der Waals surface area contributed by atoms with E-state index in [9.17, 15) is 0 Å². The van der Waals surface area contributed by atoms with Crippen LogP contribution in [0.4, 0.5) is 11.9 Å². The predicted octanol–water partition coefficient (Wildman–Crippen LogP) is 1.79. The molecule has 6 nitrogen and oxygen atoms in total. The van der Waals surface area contributed by atoms with Crippen LogP contribution in [0.15, 0.2) is 36.0 Å². The number of rotatable bonds is 2. The summed E-state index contributed by atoms with van der Waals surface area (Å²) in [5.74, 6) is 1.76. The van der Waals surface area contributed by atoms with Gasteiger partial charge in [-0.3, -0.25) is 0 Å². The summed E-state index contributed by atoms with van der Waals surface area (Å²) in [7, 11) is 1.65. The van der Waals surface area contributed by atoms with Gasteiger partial charge in [0.25, 0.3) is 0 Å². The Morgan fingerprint density at radius 2 is 2.05 bits per heavy atom. The Labute approximate surface area is 110 Å². The number of methoxy groups -OCH3 is 1. The molecule has 0 saturated heterocycles. The van der Waals surface area contributed by atoms with E-state index in [0.29, 0.717) is 5.95 Å². The first kappa shape index (κ1) is 11.6. The van der Waals surface area contributed by atoms with Crippen molar-refractivity contribution < 1.29 is 4.74 Å². The minimum Gasteiger partial charge on any atom is -0.497 e. The smallest absolute Gasteiger partial charge is 0.241 e. The minimum atomic E-state index is -0.00745. The lowest BCUT2D eigenvalue weighted by molar-refractivity contribution is 0.414. The van der Waals surface area contributed by atoms with Crippen LogP contribution in [0.3, 0.4) is 0 Å². The third-order valence-corrected chi connectivity index (χ3v) is 3.09. The van der Waals surface area contributed by atoms with Crippen LogP contribution >= 0.6 is 0 Å². The average molecular weight is 257 g/mol. The third-order valence-electron chi connectivity index (χ3n) is 3.09. The second-order valence-electron chi connectivity index (χ2n) is 4.43. The molecular formula is C13H15N5O. The number of hydrogen-bond acceptors (Lipinski definition) is 5. The van der Waals surface area contributed by atoms with Crippen LogP contribution in [0.25, 0.3) is 0 Å². The molecule has 1 atom stereocenters. The summed E-state index contributed by atoms with van der Waals surface area (Å²) in [5, 5.41) is 7.38. The molecule has 6 heteroatoms. The Kier molecular flexibility index (Phi) is 2.63. The monoisotopic (exact) mass is 257 g/mol. The van der Waals surface area contributed by atoms with Crippen molar-refractivity contribution in [3.63, 3.8) is 0 Å². The number of nitrogens with two attached hydrogens (primary N) is 1. The molecule has 0 unspecified atom stereocenters. The molecule has 1 aromatic heterocycles. The van der Waals surface area contributed by atoms with Gasteiger partial charge in [-0.05, 0) is 30.7 Å². The van der Waals surface area contributed by atoms with Crippen LogP contribution < -0.4 is 15.8 Å². The number of benzene rings is 1. The molecule has 0 spiro atoms. The summed E-state index contributed by atoms with van der Waals surface area (Å²) >= 11 is 0. The van der Waals surface area contributed by atoms with Crippen molar-refractivity contribution in [3.8, 4) is 5.75 Å². The molecule has 1 aliphatic rings. The maximum absolute atomic E-state index is 5.66. The SMILES string of the molecule is COc1ccc([C@@H]2C=C(C)Nc3nc(N)nn32)cc1. The van der Waals surface area contributed by atoms with E-state index in [1.165, 1.54) is 0 Å². The van der Waals surface area contributed by atoms with Gasteiger partial charge in [0.05, 0.1) is 7.11 Å². The fourth-order valence-electron chi connectivity index (χ4n) is 2.18. The number of ether oxygens (including phenoxy) is 1. The lowest BCUT2D eigenvalue weighted by Crippen LogP contribution is -2.19. The number of nitrogens with zero attached hydrogens (tertiary/aromatic N) is 3. The maximum atomic E-state index is 5.66. The molecule has 98 valence electrons. The zero-order valence-corrected chi connectivity index (χ0v) is 10.8. The summed E-state index contributed by atoms with van der Waals surface area (Å²) in [6.07, 6.45) is 2.09. The normalized spacial score (nSPS) is 17.4. The van der Waals surface area contributed by atoms with E-state index in [4.69, 9.17) is 10.5 Å². The molecular weight excluding hydrogens is 242 g/mol. The minimum absolute atomic E-state index is 0.00745. The molecule has 2 heterocycles. The number of fused-ring (bicyclic) bond motifs is 1. The third kappa shape index (κ3) is 2.01. The van der Waals surface area contributed by atoms with Crippen molar-refractivity contribution in [2.45, 2.75) is 13.0 Å². The highest BCUT2D eigenvalue weighted by Gasteiger charge is 2.22. The van der Waals surface area contributed by atoms with Gasteiger partial charge in [0.15, 0.2) is 0 Å². The summed E-state index contributed by atoms with van der Waals surface area (Å²) in [6, 6.07) is 7.88. The molecule has 0 saturated carbocycles. The standard InChI is InChI=1S/C13H15N5O/c1-8-7-11(9-3-5-10(19-2)6-4-9)18-13(15-8)16-12(14)17-18/h3-7,11H,1-2H3,(H3,14,15,16,17)/t11-/m0/s1. The van der Waals surface area contributed by atoms with E-state index >= 15 is 0 Å². The van der Waals surface area contributed by atoms with E-state index in [1.54, 1.807) is 11.8 Å². The van der Waals surface area contributed by atoms with Crippen LogP contribution in [0.1, 0.15) is 18.5 Å². The molecule has 2 aromatic rings. The van der Waals surface area contributed by atoms with Gasteiger partial charge in [0, 0.05) is 5.70 Å². The van der Waals surface area contributed by atoms with Crippen molar-refractivity contribution in [1.29, 1.82) is 0 Å². The molecule has 19 heavy (non-hydrogen) atoms. The van der Waals surface area contributed by atoms with Gasteiger partial charge in [-0.15, -0.1) is 5.10 Å². The average Bonchev–Trinajstić information content (AvgIpc) is 2.78. The predicted molar refractivity (Wildman–Crippen MR) is 72.9 cm³/mol. The van der Waals surface area contributed by atoms with Gasteiger partial charge >= 0.3 is 0 Å². The van der Waals surface area contributed by atoms with E-state index < -0.39 is 0 Å². The molecule has 0 bridgehead atoms. The van der Waals surface area contributed by atoms with E-state index in [1.807, 2.05) is 31.2 Å². The van der Waals surface area contributed by atoms with Crippen molar-refractivity contribution in [3.05, 3.63) is 41.6 Å². The van der Waals surface area contributed by atoms with Gasteiger partial charge in [-0.25, -0.2) is 4.68 Å². The Morgan fingerprint density at radius 1 is 1.32 bits per heavy atom. The highest BCUT2D eigenvalue weighted by atomic mass is 16.5. The van der Waals surface area contributed by atoms with Crippen LogP contribution in [-0.4, -0.2) is 21.9 Å². The Hall–Kier alpha value is -2.50. The second kappa shape index (κ2) is 4.31. The first-order valence-corrected chi connectivity index (χ1v) is 5.99. The van der Waals surface area contributed by atoms with Gasteiger partial charge in [-0.1, -0.05) is 12.1 Å². The molecule has 1 aromatic carbocycles. The Bertz CT molecular complexity index is 629. The van der Waals surface area contributed by atoms with Gasteiger partial charge < -0.3 is 15.8 Å². The molecule has 0 radical (unpaired) electrons. The van der Waals surface area contributed by atoms with Gasteiger partial charge in [-0.2, -0.15) is 4.98 Å². The number of allylic oxidation sites excluding steroid dienone is 2. The number of aromatic nitrogens is 3. The summed E-state index contributed by atoms with van der Waals surface area (Å²) in [6.45, 7) is 1.99. The molecule has 1 aliphatic heterocycles. The van der Waals surface area contributed by atoms with Gasteiger partial charge in [0.2, 0.25) is 11.9 Å². The fourth-order valence-corrected chi connectivity index (χ4v) is 2.18. The van der Waals surface area contributed by atoms with Crippen molar-refractivity contribution >= 4 is 11.9 Å². The lowest BCUT2D eigenvalue weighted by Gasteiger charge is -2.22. The second-order valence-corrected chi connectivity index (χ2v) is 4.43. The Morgan fingerprint density at radius 3 is 2.74 bits per heavy atom. The van der Waals surface area contributed by atoms with Crippen LogP contribution in [0.2, 0.25) is 0 Å². The van der Waals surface area contributed by atoms with Crippen LogP contribution in [0, 0.1) is 0 Å². The first-order chi connectivity index (χ1) is 9.17. The van der Waals surface area contributed by atoms with Gasteiger partial charge in [0.1, 0.15) is 11.8 Å². The maximum Gasteiger partial charge on any atom is 0.241 e.